The second-order valence-corrected chi connectivity index (χ2v) is 6.19. The highest BCUT2D eigenvalue weighted by atomic mass is 35.5. The normalized spacial score (nSPS) is 9.85. The summed E-state index contributed by atoms with van der Waals surface area (Å²) in [5, 5.41) is -1.43. The van der Waals surface area contributed by atoms with E-state index in [1.807, 2.05) is 36.4 Å². The second-order valence-electron chi connectivity index (χ2n) is 5.50. The Morgan fingerprint density at radius 3 is 2.15 bits per heavy atom. The van der Waals surface area contributed by atoms with Crippen molar-refractivity contribution in [3.05, 3.63) is 95.1 Å². The van der Waals surface area contributed by atoms with Gasteiger partial charge in [-0.3, -0.25) is 9.59 Å². The Labute approximate surface area is 166 Å². The van der Waals surface area contributed by atoms with Crippen LogP contribution in [-0.4, -0.2) is 10.5 Å². The summed E-state index contributed by atoms with van der Waals surface area (Å²) in [5.74, 6) is 6.84. The van der Waals surface area contributed by atoms with Gasteiger partial charge >= 0.3 is 0 Å². The minimum Gasteiger partial charge on any atom is -0.457 e. The summed E-state index contributed by atoms with van der Waals surface area (Å²) >= 11 is 11.1. The number of hydrogen-bond donors (Lipinski definition) is 0. The quantitative estimate of drug-likeness (QED) is 0.424. The van der Waals surface area contributed by atoms with E-state index in [-0.39, 0.29) is 16.9 Å². The first kappa shape index (κ1) is 18.7. The highest BCUT2D eigenvalue weighted by molar-refractivity contribution is 6.69. The molecular formula is C22H12Cl2O3. The van der Waals surface area contributed by atoms with Crippen LogP contribution in [-0.2, 0) is 0 Å². The summed E-state index contributed by atoms with van der Waals surface area (Å²) < 4.78 is 5.77. The van der Waals surface area contributed by atoms with Gasteiger partial charge in [-0.25, -0.2) is 0 Å². The zero-order valence-electron chi connectivity index (χ0n) is 13.9. The van der Waals surface area contributed by atoms with Gasteiger partial charge in [0.2, 0.25) is 0 Å². The van der Waals surface area contributed by atoms with Crippen LogP contribution >= 0.6 is 23.2 Å². The van der Waals surface area contributed by atoms with Gasteiger partial charge in [-0.2, -0.15) is 0 Å². The molecule has 0 fully saturated rings. The van der Waals surface area contributed by atoms with Crippen LogP contribution in [0.15, 0.2) is 72.8 Å². The molecule has 0 amide bonds. The molecule has 0 spiro atoms. The molecule has 0 saturated heterocycles. The SMILES string of the molecule is O=C(Cl)c1ccc(Oc2cccc(C#Cc3ccccc3)c2)c(C(=O)Cl)c1. The van der Waals surface area contributed by atoms with Gasteiger partial charge in [0.25, 0.3) is 10.5 Å². The molecule has 5 heteroatoms. The van der Waals surface area contributed by atoms with Crippen molar-refractivity contribution < 1.29 is 14.3 Å². The molecule has 0 heterocycles. The molecule has 0 radical (unpaired) electrons. The monoisotopic (exact) mass is 394 g/mol. The molecule has 0 aliphatic rings. The van der Waals surface area contributed by atoms with E-state index in [1.54, 1.807) is 18.2 Å². The average molecular weight is 395 g/mol. The Morgan fingerprint density at radius 1 is 0.741 bits per heavy atom. The lowest BCUT2D eigenvalue weighted by molar-refractivity contribution is 0.107. The van der Waals surface area contributed by atoms with E-state index < -0.39 is 10.5 Å². The van der Waals surface area contributed by atoms with Crippen molar-refractivity contribution in [3.8, 4) is 23.3 Å². The van der Waals surface area contributed by atoms with Crippen LogP contribution in [0.3, 0.4) is 0 Å². The molecule has 3 aromatic carbocycles. The number of carbonyl (C=O) groups excluding carboxylic acids is 2. The Kier molecular flexibility index (Phi) is 5.93. The van der Waals surface area contributed by atoms with Crippen LogP contribution in [0.5, 0.6) is 11.5 Å². The summed E-state index contributed by atoms with van der Waals surface area (Å²) in [6.07, 6.45) is 0. The third kappa shape index (κ3) is 4.98. The van der Waals surface area contributed by atoms with E-state index in [1.165, 1.54) is 18.2 Å². The molecule has 0 unspecified atom stereocenters. The van der Waals surface area contributed by atoms with Gasteiger partial charge in [-0.05, 0) is 71.7 Å². The molecule has 0 N–H and O–H groups in total. The maximum Gasteiger partial charge on any atom is 0.256 e. The first-order chi connectivity index (χ1) is 13.0. The molecular weight excluding hydrogens is 383 g/mol. The number of ether oxygens (including phenoxy) is 1. The predicted molar refractivity (Wildman–Crippen MR) is 106 cm³/mol. The van der Waals surface area contributed by atoms with E-state index in [0.717, 1.165) is 11.1 Å². The summed E-state index contributed by atoms with van der Waals surface area (Å²) in [5.41, 5.74) is 1.88. The van der Waals surface area contributed by atoms with Crippen molar-refractivity contribution in [2.24, 2.45) is 0 Å². The van der Waals surface area contributed by atoms with Crippen LogP contribution in [0.4, 0.5) is 0 Å². The third-order valence-corrected chi connectivity index (χ3v) is 4.03. The van der Waals surface area contributed by atoms with Crippen LogP contribution < -0.4 is 4.74 Å². The van der Waals surface area contributed by atoms with E-state index in [9.17, 15) is 9.59 Å². The number of carbonyl (C=O) groups is 2. The van der Waals surface area contributed by atoms with Gasteiger partial charge in [0.05, 0.1) is 5.56 Å². The lowest BCUT2D eigenvalue weighted by Crippen LogP contribution is -1.99. The van der Waals surface area contributed by atoms with Crippen LogP contribution in [0.1, 0.15) is 31.8 Å². The van der Waals surface area contributed by atoms with Crippen LogP contribution in [0.2, 0.25) is 0 Å². The molecule has 0 aliphatic heterocycles. The van der Waals surface area contributed by atoms with E-state index in [2.05, 4.69) is 11.8 Å². The molecule has 0 bridgehead atoms. The number of halogens is 2. The molecule has 0 aliphatic carbocycles. The van der Waals surface area contributed by atoms with Crippen molar-refractivity contribution in [2.75, 3.05) is 0 Å². The van der Waals surface area contributed by atoms with Crippen molar-refractivity contribution in [1.29, 1.82) is 0 Å². The fourth-order valence-corrected chi connectivity index (χ4v) is 2.59. The van der Waals surface area contributed by atoms with Crippen LogP contribution in [0, 0.1) is 11.8 Å². The van der Waals surface area contributed by atoms with Gasteiger partial charge in [-0.1, -0.05) is 36.1 Å². The summed E-state index contributed by atoms with van der Waals surface area (Å²) in [7, 11) is 0. The summed E-state index contributed by atoms with van der Waals surface area (Å²) in [4.78, 5) is 22.9. The Morgan fingerprint density at radius 2 is 1.44 bits per heavy atom. The highest BCUT2D eigenvalue weighted by Gasteiger charge is 2.14. The van der Waals surface area contributed by atoms with Crippen molar-refractivity contribution in [1.82, 2.24) is 0 Å². The van der Waals surface area contributed by atoms with Gasteiger partial charge in [0.1, 0.15) is 11.5 Å². The van der Waals surface area contributed by atoms with Crippen molar-refractivity contribution in [2.45, 2.75) is 0 Å². The Balaban J connectivity index is 1.88. The minimum atomic E-state index is -0.746. The first-order valence-electron chi connectivity index (χ1n) is 7.91. The van der Waals surface area contributed by atoms with E-state index in [0.29, 0.717) is 5.75 Å². The molecule has 3 aromatic rings. The molecule has 27 heavy (non-hydrogen) atoms. The smallest absolute Gasteiger partial charge is 0.256 e. The fraction of sp³-hybridized carbons (Fsp3) is 0. The molecule has 3 rings (SSSR count). The maximum atomic E-state index is 11.7. The lowest BCUT2D eigenvalue weighted by Gasteiger charge is -2.10. The van der Waals surface area contributed by atoms with Gasteiger partial charge < -0.3 is 4.74 Å². The number of hydrogen-bond acceptors (Lipinski definition) is 3. The van der Waals surface area contributed by atoms with E-state index in [4.69, 9.17) is 27.9 Å². The highest BCUT2D eigenvalue weighted by Crippen LogP contribution is 2.28. The standard InChI is InChI=1S/C22H12Cl2O3/c23-21(25)17-11-12-20(19(14-17)22(24)26)27-18-8-4-7-16(13-18)10-9-15-5-2-1-3-6-15/h1-8,11-14H. The topological polar surface area (TPSA) is 43.4 Å². The van der Waals surface area contributed by atoms with Gasteiger partial charge in [0, 0.05) is 16.7 Å². The van der Waals surface area contributed by atoms with Crippen molar-refractivity contribution in [3.63, 3.8) is 0 Å². The van der Waals surface area contributed by atoms with Crippen LogP contribution in [0.25, 0.3) is 0 Å². The third-order valence-electron chi connectivity index (χ3n) is 3.61. The van der Waals surface area contributed by atoms with Gasteiger partial charge in [-0.15, -0.1) is 0 Å². The minimum absolute atomic E-state index is 0.0592. The number of benzene rings is 3. The Hall–Kier alpha value is -3.06. The number of rotatable bonds is 4. The Bertz CT molecular complexity index is 1060. The zero-order valence-corrected chi connectivity index (χ0v) is 15.4. The van der Waals surface area contributed by atoms with Gasteiger partial charge in [0.15, 0.2) is 0 Å². The molecule has 3 nitrogen and oxygen atoms in total. The molecule has 132 valence electrons. The largest absolute Gasteiger partial charge is 0.457 e. The average Bonchev–Trinajstić information content (AvgIpc) is 2.67. The first-order valence-corrected chi connectivity index (χ1v) is 8.67. The fourth-order valence-electron chi connectivity index (χ4n) is 2.32. The molecule has 0 saturated carbocycles. The predicted octanol–water partition coefficient (Wildman–Crippen LogP) is 5.64. The zero-order chi connectivity index (χ0) is 19.2. The molecule has 0 atom stereocenters. The maximum absolute atomic E-state index is 11.7. The lowest BCUT2D eigenvalue weighted by atomic mass is 10.1. The summed E-state index contributed by atoms with van der Waals surface area (Å²) in [6.45, 7) is 0. The molecule has 0 aromatic heterocycles. The van der Waals surface area contributed by atoms with E-state index >= 15 is 0 Å². The second kappa shape index (κ2) is 8.55. The van der Waals surface area contributed by atoms with Crippen molar-refractivity contribution >= 4 is 33.7 Å². The summed E-state index contributed by atoms with van der Waals surface area (Å²) in [6, 6.07) is 21.0.